The lowest BCUT2D eigenvalue weighted by molar-refractivity contribution is -0.124. The maximum atomic E-state index is 13.0. The molecule has 162 valence electrons. The fourth-order valence-corrected chi connectivity index (χ4v) is 4.68. The summed E-state index contributed by atoms with van der Waals surface area (Å²) in [5.41, 5.74) is 2.46. The number of benzene rings is 1. The second-order valence-corrected chi connectivity index (χ2v) is 9.42. The van der Waals surface area contributed by atoms with E-state index < -0.39 is 0 Å². The van der Waals surface area contributed by atoms with Crippen LogP contribution in [-0.4, -0.2) is 28.3 Å². The van der Waals surface area contributed by atoms with Gasteiger partial charge in [-0.25, -0.2) is 4.98 Å². The number of para-hydroxylation sites is 1. The highest BCUT2D eigenvalue weighted by Gasteiger charge is 2.25. The number of nitrogens with one attached hydrogen (secondary N) is 2. The molecule has 7 heteroatoms. The number of hydrogen-bond donors (Lipinski definition) is 2. The minimum absolute atomic E-state index is 0.0204. The van der Waals surface area contributed by atoms with Crippen molar-refractivity contribution in [2.45, 2.75) is 45.4 Å². The molecule has 0 spiro atoms. The third-order valence-corrected chi connectivity index (χ3v) is 6.68. The predicted molar refractivity (Wildman–Crippen MR) is 124 cm³/mol. The van der Waals surface area contributed by atoms with E-state index >= 15 is 0 Å². The van der Waals surface area contributed by atoms with Gasteiger partial charge in [-0.15, -0.1) is 11.3 Å². The summed E-state index contributed by atoms with van der Waals surface area (Å²) >= 11 is 1.40. The van der Waals surface area contributed by atoms with Gasteiger partial charge in [-0.2, -0.15) is 0 Å². The van der Waals surface area contributed by atoms with Gasteiger partial charge in [0.2, 0.25) is 5.91 Å². The van der Waals surface area contributed by atoms with Gasteiger partial charge in [0.15, 0.2) is 5.13 Å². The summed E-state index contributed by atoms with van der Waals surface area (Å²) in [6.45, 7) is 4.58. The van der Waals surface area contributed by atoms with Crippen molar-refractivity contribution >= 4 is 39.2 Å². The van der Waals surface area contributed by atoms with Crippen LogP contribution >= 0.6 is 11.3 Å². The van der Waals surface area contributed by atoms with E-state index in [-0.39, 0.29) is 17.7 Å². The van der Waals surface area contributed by atoms with Gasteiger partial charge in [-0.05, 0) is 43.7 Å². The van der Waals surface area contributed by atoms with Crippen LogP contribution < -0.4 is 10.6 Å². The predicted octanol–water partition coefficient (Wildman–Crippen LogP) is 4.99. The summed E-state index contributed by atoms with van der Waals surface area (Å²) in [5, 5.41) is 9.25. The molecule has 3 aromatic rings. The first-order chi connectivity index (χ1) is 15.0. The number of amides is 2. The minimum atomic E-state index is -0.153. The van der Waals surface area contributed by atoms with E-state index in [2.05, 4.69) is 15.6 Å². The first-order valence-corrected chi connectivity index (χ1v) is 11.8. The van der Waals surface area contributed by atoms with E-state index in [1.807, 2.05) is 49.6 Å². The number of pyridine rings is 1. The Labute approximate surface area is 186 Å². The molecule has 0 bridgehead atoms. The molecule has 1 aromatic carbocycles. The average Bonchev–Trinajstić information content (AvgIpc) is 3.30. The Bertz CT molecular complexity index is 1060. The average molecular weight is 437 g/mol. The van der Waals surface area contributed by atoms with Gasteiger partial charge >= 0.3 is 0 Å². The van der Waals surface area contributed by atoms with Gasteiger partial charge in [-0.1, -0.05) is 32.0 Å². The Morgan fingerprint density at radius 3 is 2.65 bits per heavy atom. The van der Waals surface area contributed by atoms with Crippen LogP contribution in [-0.2, 0) is 4.79 Å². The molecule has 6 nitrogen and oxygen atoms in total. The van der Waals surface area contributed by atoms with Crippen molar-refractivity contribution < 1.29 is 9.59 Å². The summed E-state index contributed by atoms with van der Waals surface area (Å²) in [6.07, 6.45) is 5.82. The van der Waals surface area contributed by atoms with Crippen molar-refractivity contribution in [1.29, 1.82) is 0 Å². The Balaban J connectivity index is 1.49. The molecule has 1 aliphatic carbocycles. The van der Waals surface area contributed by atoms with Gasteiger partial charge in [0, 0.05) is 41.0 Å². The standard InChI is InChI=1S/C24H28N4O2S/c1-15(2)22(29)26-14-16-7-9-17(10-8-16)21-13-19(18-5-3-4-6-20(18)27-21)23(30)28-24-25-11-12-31-24/h3-6,11-13,15-17H,7-10,14H2,1-2H3,(H,26,29)(H,25,28,30). The molecule has 2 N–H and O–H groups in total. The third kappa shape index (κ3) is 5.10. The Morgan fingerprint density at radius 1 is 1.16 bits per heavy atom. The normalized spacial score (nSPS) is 18.8. The molecule has 0 aliphatic heterocycles. The van der Waals surface area contributed by atoms with E-state index in [0.29, 0.717) is 22.5 Å². The number of fused-ring (bicyclic) bond motifs is 1. The van der Waals surface area contributed by atoms with E-state index in [4.69, 9.17) is 4.98 Å². The van der Waals surface area contributed by atoms with Crippen molar-refractivity contribution in [2.75, 3.05) is 11.9 Å². The quantitative estimate of drug-likeness (QED) is 0.570. The molecular formula is C24H28N4O2S. The van der Waals surface area contributed by atoms with Crippen LogP contribution in [0.15, 0.2) is 41.9 Å². The largest absolute Gasteiger partial charge is 0.356 e. The number of rotatable bonds is 6. The maximum absolute atomic E-state index is 13.0. The molecular weight excluding hydrogens is 408 g/mol. The van der Waals surface area contributed by atoms with Gasteiger partial charge < -0.3 is 5.32 Å². The smallest absolute Gasteiger partial charge is 0.258 e. The molecule has 31 heavy (non-hydrogen) atoms. The number of carbonyl (C=O) groups is 2. The number of carbonyl (C=O) groups excluding carboxylic acids is 2. The summed E-state index contributed by atoms with van der Waals surface area (Å²) in [5.74, 6) is 0.821. The van der Waals surface area contributed by atoms with E-state index in [1.165, 1.54) is 11.3 Å². The Hall–Kier alpha value is -2.80. The molecule has 1 fully saturated rings. The van der Waals surface area contributed by atoms with Crippen LogP contribution in [0.25, 0.3) is 10.9 Å². The summed E-state index contributed by atoms with van der Waals surface area (Å²) in [7, 11) is 0. The van der Waals surface area contributed by atoms with Gasteiger partial charge in [0.25, 0.3) is 5.91 Å². The maximum Gasteiger partial charge on any atom is 0.258 e. The lowest BCUT2D eigenvalue weighted by Crippen LogP contribution is -2.33. The third-order valence-electron chi connectivity index (χ3n) is 5.99. The van der Waals surface area contributed by atoms with E-state index in [0.717, 1.165) is 48.8 Å². The van der Waals surface area contributed by atoms with Crippen LogP contribution in [0.3, 0.4) is 0 Å². The SMILES string of the molecule is CC(C)C(=O)NCC1CCC(c2cc(C(=O)Nc3nccs3)c3ccccc3n2)CC1. The lowest BCUT2D eigenvalue weighted by Gasteiger charge is -2.29. The van der Waals surface area contributed by atoms with Crippen LogP contribution in [0.1, 0.15) is 61.5 Å². The Morgan fingerprint density at radius 2 is 1.94 bits per heavy atom. The topological polar surface area (TPSA) is 84.0 Å². The van der Waals surface area contributed by atoms with Crippen LogP contribution in [0.5, 0.6) is 0 Å². The first-order valence-electron chi connectivity index (χ1n) is 10.9. The molecule has 0 radical (unpaired) electrons. The lowest BCUT2D eigenvalue weighted by atomic mass is 9.80. The van der Waals surface area contributed by atoms with Crippen molar-refractivity contribution in [2.24, 2.45) is 11.8 Å². The molecule has 2 heterocycles. The summed E-state index contributed by atoms with van der Waals surface area (Å²) in [6, 6.07) is 9.75. The molecule has 1 aliphatic rings. The molecule has 0 atom stereocenters. The summed E-state index contributed by atoms with van der Waals surface area (Å²) < 4.78 is 0. The zero-order valence-corrected chi connectivity index (χ0v) is 18.7. The molecule has 4 rings (SSSR count). The summed E-state index contributed by atoms with van der Waals surface area (Å²) in [4.78, 5) is 33.9. The van der Waals surface area contributed by atoms with Gasteiger partial charge in [-0.3, -0.25) is 19.9 Å². The van der Waals surface area contributed by atoms with Gasteiger partial charge in [0.05, 0.1) is 11.1 Å². The number of nitrogens with zero attached hydrogens (tertiary/aromatic N) is 2. The zero-order chi connectivity index (χ0) is 21.8. The van der Waals surface area contributed by atoms with Crippen LogP contribution in [0.2, 0.25) is 0 Å². The zero-order valence-electron chi connectivity index (χ0n) is 17.9. The molecule has 1 saturated carbocycles. The van der Waals surface area contributed by atoms with Crippen molar-refractivity contribution in [3.63, 3.8) is 0 Å². The molecule has 2 aromatic heterocycles. The van der Waals surface area contributed by atoms with Crippen molar-refractivity contribution in [1.82, 2.24) is 15.3 Å². The highest BCUT2D eigenvalue weighted by atomic mass is 32.1. The molecule has 0 saturated heterocycles. The second-order valence-electron chi connectivity index (χ2n) is 8.52. The monoisotopic (exact) mass is 436 g/mol. The Kier molecular flexibility index (Phi) is 6.61. The van der Waals surface area contributed by atoms with Crippen molar-refractivity contribution in [3.05, 3.63) is 53.2 Å². The van der Waals surface area contributed by atoms with Crippen molar-refractivity contribution in [3.8, 4) is 0 Å². The fourth-order valence-electron chi connectivity index (χ4n) is 4.15. The highest BCUT2D eigenvalue weighted by molar-refractivity contribution is 7.13. The van der Waals surface area contributed by atoms with Crippen LogP contribution in [0, 0.1) is 11.8 Å². The highest BCUT2D eigenvalue weighted by Crippen LogP contribution is 2.36. The minimum Gasteiger partial charge on any atom is -0.356 e. The van der Waals surface area contributed by atoms with Crippen LogP contribution in [0.4, 0.5) is 5.13 Å². The van der Waals surface area contributed by atoms with E-state index in [9.17, 15) is 9.59 Å². The number of hydrogen-bond acceptors (Lipinski definition) is 5. The van der Waals surface area contributed by atoms with E-state index in [1.54, 1.807) is 6.20 Å². The van der Waals surface area contributed by atoms with Gasteiger partial charge in [0.1, 0.15) is 0 Å². The number of anilines is 1. The first kappa shape index (κ1) is 21.4. The second kappa shape index (κ2) is 9.56. The molecule has 2 amide bonds. The number of thiazole rings is 1. The number of aromatic nitrogens is 2. The fraction of sp³-hybridized carbons (Fsp3) is 0.417. The molecule has 0 unspecified atom stereocenters.